The van der Waals surface area contributed by atoms with Gasteiger partial charge in [0.05, 0.1) is 31.1 Å². The first kappa shape index (κ1) is 19.3. The molecule has 1 aromatic rings. The van der Waals surface area contributed by atoms with E-state index < -0.39 is 10.0 Å². The molecule has 0 atom stereocenters. The zero-order valence-corrected chi connectivity index (χ0v) is 16.8. The van der Waals surface area contributed by atoms with Crippen LogP contribution in [0.5, 0.6) is 0 Å². The van der Waals surface area contributed by atoms with E-state index in [1.165, 1.54) is 11.1 Å². The number of sulfonamides is 1. The molecule has 0 unspecified atom stereocenters. The van der Waals surface area contributed by atoms with Crippen LogP contribution in [-0.2, 0) is 27.7 Å². The van der Waals surface area contributed by atoms with Gasteiger partial charge in [-0.2, -0.15) is 4.31 Å². The normalized spacial score (nSPS) is 18.9. The quantitative estimate of drug-likeness (QED) is 0.778. The largest absolute Gasteiger partial charge is 0.338 e. The van der Waals surface area contributed by atoms with Crippen molar-refractivity contribution in [1.82, 2.24) is 9.21 Å². The van der Waals surface area contributed by atoms with E-state index in [-0.39, 0.29) is 11.9 Å². The van der Waals surface area contributed by atoms with Gasteiger partial charge in [-0.05, 0) is 56.4 Å². The molecule has 0 spiro atoms. The lowest BCUT2D eigenvalue weighted by Crippen LogP contribution is -3.15. The Morgan fingerprint density at radius 2 is 1.85 bits per heavy atom. The summed E-state index contributed by atoms with van der Waals surface area (Å²) in [7, 11) is -1.62. The van der Waals surface area contributed by atoms with Crippen molar-refractivity contribution in [3.8, 4) is 0 Å². The topological polar surface area (TPSA) is 62.1 Å². The third-order valence-electron chi connectivity index (χ3n) is 5.71. The number of quaternary nitrogens is 1. The van der Waals surface area contributed by atoms with Crippen molar-refractivity contribution < 1.29 is 18.1 Å². The van der Waals surface area contributed by atoms with E-state index in [0.29, 0.717) is 37.6 Å². The number of aryl methyl sites for hydroxylation is 2. The van der Waals surface area contributed by atoms with Gasteiger partial charge in [0.1, 0.15) is 0 Å². The monoisotopic (exact) mass is 380 g/mol. The lowest BCUT2D eigenvalue weighted by atomic mass is 10.1. The van der Waals surface area contributed by atoms with Crippen LogP contribution in [0.2, 0.25) is 0 Å². The zero-order chi connectivity index (χ0) is 18.9. The molecule has 26 heavy (non-hydrogen) atoms. The van der Waals surface area contributed by atoms with Crippen LogP contribution < -0.4 is 4.90 Å². The van der Waals surface area contributed by atoms with Gasteiger partial charge in [-0.25, -0.2) is 8.42 Å². The number of likely N-dealkylation sites (N-methyl/N-ethyl adjacent to an activating group) is 1. The molecule has 0 bridgehead atoms. The summed E-state index contributed by atoms with van der Waals surface area (Å²) in [6.07, 6.45) is 3.14. The number of carbonyl (C=O) groups excluding carboxylic acids is 1. The van der Waals surface area contributed by atoms with E-state index in [1.807, 2.05) is 33.0 Å². The molecule has 0 aromatic heterocycles. The minimum Gasteiger partial charge on any atom is -0.338 e. The smallest absolute Gasteiger partial charge is 0.277 e. The number of benzene rings is 1. The van der Waals surface area contributed by atoms with E-state index in [4.69, 9.17) is 0 Å². The molecule has 1 amide bonds. The van der Waals surface area contributed by atoms with Crippen LogP contribution in [0.1, 0.15) is 31.4 Å². The highest BCUT2D eigenvalue weighted by Gasteiger charge is 2.32. The number of hydrogen-bond donors (Lipinski definition) is 1. The lowest BCUT2D eigenvalue weighted by molar-refractivity contribution is -0.896. The summed E-state index contributed by atoms with van der Waals surface area (Å²) in [5.74, 6) is 0.116. The lowest BCUT2D eigenvalue weighted by Gasteiger charge is -2.32. The summed E-state index contributed by atoms with van der Waals surface area (Å²) in [5.41, 5.74) is 2.46. The first-order chi connectivity index (χ1) is 12.3. The molecule has 1 fully saturated rings. The molecule has 6 nitrogen and oxygen atoms in total. The number of hydrogen-bond acceptors (Lipinski definition) is 3. The fourth-order valence-corrected chi connectivity index (χ4v) is 5.20. The minimum absolute atomic E-state index is 0.116. The van der Waals surface area contributed by atoms with Gasteiger partial charge in [-0.15, -0.1) is 0 Å². The maximum atomic E-state index is 13.0. The van der Waals surface area contributed by atoms with Crippen molar-refractivity contribution >= 4 is 15.9 Å². The van der Waals surface area contributed by atoms with Crippen LogP contribution >= 0.6 is 0 Å². The van der Waals surface area contributed by atoms with Gasteiger partial charge in [0.15, 0.2) is 6.54 Å². The first-order valence-electron chi connectivity index (χ1n) is 9.50. The van der Waals surface area contributed by atoms with Crippen molar-refractivity contribution in [2.75, 3.05) is 39.8 Å². The molecular weight excluding hydrogens is 350 g/mol. The molecule has 7 heteroatoms. The van der Waals surface area contributed by atoms with Crippen molar-refractivity contribution in [3.05, 3.63) is 29.3 Å². The molecular formula is C19H30N3O3S+. The van der Waals surface area contributed by atoms with Gasteiger partial charge in [0, 0.05) is 13.1 Å². The molecule has 1 saturated heterocycles. The van der Waals surface area contributed by atoms with Gasteiger partial charge >= 0.3 is 0 Å². The van der Waals surface area contributed by atoms with E-state index in [2.05, 4.69) is 0 Å². The Labute approximate surface area is 156 Å². The summed E-state index contributed by atoms with van der Waals surface area (Å²) >= 11 is 0. The van der Waals surface area contributed by atoms with Crippen molar-refractivity contribution in [3.63, 3.8) is 0 Å². The number of carbonyl (C=O) groups is 1. The van der Waals surface area contributed by atoms with Crippen LogP contribution in [0.4, 0.5) is 0 Å². The predicted molar refractivity (Wildman–Crippen MR) is 101 cm³/mol. The van der Waals surface area contributed by atoms with Gasteiger partial charge in [0.2, 0.25) is 10.0 Å². The fourth-order valence-electron chi connectivity index (χ4n) is 3.70. The fraction of sp³-hybridized carbons (Fsp3) is 0.632. The summed E-state index contributed by atoms with van der Waals surface area (Å²) in [6, 6.07) is 5.76. The highest BCUT2D eigenvalue weighted by Crippen LogP contribution is 2.26. The number of piperazine rings is 1. The van der Waals surface area contributed by atoms with E-state index in [1.54, 1.807) is 15.3 Å². The van der Waals surface area contributed by atoms with Gasteiger partial charge in [-0.1, -0.05) is 6.07 Å². The molecule has 3 rings (SSSR count). The average Bonchev–Trinajstić information content (AvgIpc) is 3.09. The number of fused-ring (bicyclic) bond motifs is 1. The maximum absolute atomic E-state index is 13.0. The van der Waals surface area contributed by atoms with Gasteiger partial charge in [0.25, 0.3) is 5.91 Å². The Morgan fingerprint density at radius 3 is 2.50 bits per heavy atom. The second-order valence-corrected chi connectivity index (χ2v) is 9.65. The summed E-state index contributed by atoms with van der Waals surface area (Å²) in [4.78, 5) is 15.6. The third-order valence-corrected chi connectivity index (χ3v) is 7.60. The van der Waals surface area contributed by atoms with Crippen molar-refractivity contribution in [2.24, 2.45) is 0 Å². The van der Waals surface area contributed by atoms with Crippen LogP contribution in [0.25, 0.3) is 0 Å². The Kier molecular flexibility index (Phi) is 5.69. The van der Waals surface area contributed by atoms with Crippen LogP contribution in [0.15, 0.2) is 23.1 Å². The Bertz CT molecular complexity index is 768. The Morgan fingerprint density at radius 1 is 1.19 bits per heavy atom. The second kappa shape index (κ2) is 7.66. The average molecular weight is 381 g/mol. The van der Waals surface area contributed by atoms with Crippen LogP contribution in [0, 0.1) is 0 Å². The molecule has 1 aliphatic carbocycles. The maximum Gasteiger partial charge on any atom is 0.277 e. The van der Waals surface area contributed by atoms with Gasteiger partial charge in [-0.3, -0.25) is 4.79 Å². The van der Waals surface area contributed by atoms with Crippen LogP contribution in [0.3, 0.4) is 0 Å². The van der Waals surface area contributed by atoms with Gasteiger partial charge < -0.3 is 9.80 Å². The van der Waals surface area contributed by atoms with Crippen molar-refractivity contribution in [1.29, 1.82) is 0 Å². The molecule has 0 saturated carbocycles. The van der Waals surface area contributed by atoms with E-state index in [9.17, 15) is 13.2 Å². The van der Waals surface area contributed by atoms with E-state index in [0.717, 1.165) is 24.2 Å². The Balaban J connectivity index is 1.61. The SMILES string of the molecule is CC(C)N(C)C(=O)C[NH+]1CCN(S(=O)(=O)c2ccc3c(c2)CCC3)CC1. The molecule has 1 heterocycles. The number of rotatable bonds is 5. The first-order valence-corrected chi connectivity index (χ1v) is 10.9. The number of nitrogens with one attached hydrogen (secondary N) is 1. The zero-order valence-electron chi connectivity index (χ0n) is 16.0. The standard InChI is InChI=1S/C19H29N3O3S/c1-15(2)20(3)19(23)14-21-9-11-22(12-10-21)26(24,25)18-8-7-16-5-4-6-17(16)13-18/h7-8,13,15H,4-6,9-12,14H2,1-3H3/p+1. The molecule has 1 aromatic carbocycles. The predicted octanol–water partition coefficient (Wildman–Crippen LogP) is -0.0687. The number of amides is 1. The highest BCUT2D eigenvalue weighted by atomic mass is 32.2. The second-order valence-electron chi connectivity index (χ2n) is 7.71. The summed E-state index contributed by atoms with van der Waals surface area (Å²) in [6.45, 7) is 6.69. The Hall–Kier alpha value is -1.44. The van der Waals surface area contributed by atoms with E-state index >= 15 is 0 Å². The number of nitrogens with zero attached hydrogens (tertiary/aromatic N) is 2. The highest BCUT2D eigenvalue weighted by molar-refractivity contribution is 7.89. The molecule has 1 aliphatic heterocycles. The molecule has 1 N–H and O–H groups in total. The molecule has 144 valence electrons. The third kappa shape index (κ3) is 3.94. The summed E-state index contributed by atoms with van der Waals surface area (Å²) in [5, 5.41) is 0. The molecule has 2 aliphatic rings. The minimum atomic E-state index is -3.44. The van der Waals surface area contributed by atoms with Crippen molar-refractivity contribution in [2.45, 2.75) is 44.0 Å². The van der Waals surface area contributed by atoms with Crippen LogP contribution in [-0.4, -0.2) is 69.3 Å². The molecule has 0 radical (unpaired) electrons. The summed E-state index contributed by atoms with van der Waals surface area (Å²) < 4.78 is 27.5.